The van der Waals surface area contributed by atoms with Gasteiger partial charge in [-0.05, 0) is 25.0 Å². The fraction of sp³-hybridized carbons (Fsp3) is 0.400. The number of rotatable bonds is 6. The third-order valence-electron chi connectivity index (χ3n) is 2.90. The summed E-state index contributed by atoms with van der Waals surface area (Å²) in [6.07, 6.45) is 1.12. The van der Waals surface area contributed by atoms with Crippen molar-refractivity contribution in [1.29, 1.82) is 0 Å². The SMILES string of the molecule is CCCn1nc(C)cc1CNCc1ccccc1.Cl. The first-order chi connectivity index (χ1) is 8.79. The van der Waals surface area contributed by atoms with Crippen LogP contribution in [0, 0.1) is 6.92 Å². The smallest absolute Gasteiger partial charge is 0.0597 e. The van der Waals surface area contributed by atoms with Gasteiger partial charge in [0, 0.05) is 19.6 Å². The zero-order chi connectivity index (χ0) is 12.8. The normalized spacial score (nSPS) is 10.2. The number of halogens is 1. The zero-order valence-electron chi connectivity index (χ0n) is 11.6. The molecule has 2 rings (SSSR count). The van der Waals surface area contributed by atoms with Gasteiger partial charge in [0.1, 0.15) is 0 Å². The molecule has 0 radical (unpaired) electrons. The van der Waals surface area contributed by atoms with Gasteiger partial charge in [-0.3, -0.25) is 4.68 Å². The van der Waals surface area contributed by atoms with E-state index in [1.54, 1.807) is 0 Å². The molecule has 0 spiro atoms. The summed E-state index contributed by atoms with van der Waals surface area (Å²) >= 11 is 0. The monoisotopic (exact) mass is 279 g/mol. The average Bonchev–Trinajstić information content (AvgIpc) is 2.72. The van der Waals surface area contributed by atoms with Crippen molar-refractivity contribution in [2.24, 2.45) is 0 Å². The Bertz CT molecular complexity index is 479. The van der Waals surface area contributed by atoms with Crippen LogP contribution in [0.1, 0.15) is 30.3 Å². The third kappa shape index (κ3) is 4.69. The van der Waals surface area contributed by atoms with Gasteiger partial charge in [-0.1, -0.05) is 37.3 Å². The highest BCUT2D eigenvalue weighted by molar-refractivity contribution is 5.85. The Labute approximate surface area is 121 Å². The summed E-state index contributed by atoms with van der Waals surface area (Å²) in [6, 6.07) is 12.6. The minimum Gasteiger partial charge on any atom is -0.307 e. The van der Waals surface area contributed by atoms with E-state index in [4.69, 9.17) is 0 Å². The zero-order valence-corrected chi connectivity index (χ0v) is 12.4. The number of hydrogen-bond donors (Lipinski definition) is 1. The van der Waals surface area contributed by atoms with Gasteiger partial charge in [0.2, 0.25) is 0 Å². The minimum atomic E-state index is 0. The highest BCUT2D eigenvalue weighted by Crippen LogP contribution is 2.05. The largest absolute Gasteiger partial charge is 0.307 e. The van der Waals surface area contributed by atoms with Gasteiger partial charge in [0.15, 0.2) is 0 Å². The summed E-state index contributed by atoms with van der Waals surface area (Å²) in [4.78, 5) is 0. The molecule has 0 aliphatic carbocycles. The van der Waals surface area contributed by atoms with Crippen molar-refractivity contribution in [3.8, 4) is 0 Å². The molecule has 1 aromatic carbocycles. The molecule has 4 heteroatoms. The summed E-state index contributed by atoms with van der Waals surface area (Å²) in [7, 11) is 0. The Balaban J connectivity index is 0.00000180. The van der Waals surface area contributed by atoms with E-state index >= 15 is 0 Å². The second-order valence-corrected chi connectivity index (χ2v) is 4.59. The number of nitrogens with one attached hydrogen (secondary N) is 1. The molecule has 19 heavy (non-hydrogen) atoms. The molecule has 0 aliphatic heterocycles. The van der Waals surface area contributed by atoms with Crippen LogP contribution in [0.4, 0.5) is 0 Å². The lowest BCUT2D eigenvalue weighted by Crippen LogP contribution is -2.16. The molecule has 0 saturated heterocycles. The predicted octanol–water partition coefficient (Wildman–Crippen LogP) is 3.31. The van der Waals surface area contributed by atoms with Crippen LogP contribution in [0.3, 0.4) is 0 Å². The molecule has 0 aliphatic rings. The van der Waals surface area contributed by atoms with Crippen LogP contribution in [0.2, 0.25) is 0 Å². The van der Waals surface area contributed by atoms with Crippen LogP contribution in [0.15, 0.2) is 36.4 Å². The minimum absolute atomic E-state index is 0. The molecule has 0 bridgehead atoms. The van der Waals surface area contributed by atoms with Gasteiger partial charge < -0.3 is 5.32 Å². The molecular formula is C15H22ClN3. The van der Waals surface area contributed by atoms with E-state index in [0.717, 1.165) is 31.7 Å². The molecule has 0 saturated carbocycles. The molecule has 0 fully saturated rings. The Hall–Kier alpha value is -1.32. The number of benzene rings is 1. The molecule has 0 atom stereocenters. The summed E-state index contributed by atoms with van der Waals surface area (Å²) in [5.41, 5.74) is 3.68. The number of nitrogens with zero attached hydrogens (tertiary/aromatic N) is 2. The first kappa shape index (κ1) is 15.7. The number of aryl methyl sites for hydroxylation is 2. The van der Waals surface area contributed by atoms with Crippen molar-refractivity contribution < 1.29 is 0 Å². The third-order valence-corrected chi connectivity index (χ3v) is 2.90. The van der Waals surface area contributed by atoms with E-state index in [2.05, 4.69) is 52.4 Å². The number of aromatic nitrogens is 2. The summed E-state index contributed by atoms with van der Waals surface area (Å²) in [5.74, 6) is 0. The molecule has 0 amide bonds. The van der Waals surface area contributed by atoms with Crippen LogP contribution in [0.25, 0.3) is 0 Å². The van der Waals surface area contributed by atoms with Crippen LogP contribution >= 0.6 is 12.4 Å². The van der Waals surface area contributed by atoms with Crippen molar-refractivity contribution in [2.75, 3.05) is 0 Å². The van der Waals surface area contributed by atoms with Crippen LogP contribution < -0.4 is 5.32 Å². The number of hydrogen-bond acceptors (Lipinski definition) is 2. The highest BCUT2D eigenvalue weighted by Gasteiger charge is 2.03. The fourth-order valence-electron chi connectivity index (χ4n) is 2.08. The second kappa shape index (κ2) is 7.97. The Morgan fingerprint density at radius 2 is 1.89 bits per heavy atom. The molecule has 1 N–H and O–H groups in total. The standard InChI is InChI=1S/C15H21N3.ClH/c1-3-9-18-15(10-13(2)17-18)12-16-11-14-7-5-4-6-8-14;/h4-8,10,16H,3,9,11-12H2,1-2H3;1H. The van der Waals surface area contributed by atoms with Gasteiger partial charge in [0.25, 0.3) is 0 Å². The predicted molar refractivity (Wildman–Crippen MR) is 81.5 cm³/mol. The van der Waals surface area contributed by atoms with Gasteiger partial charge in [-0.2, -0.15) is 5.10 Å². The van der Waals surface area contributed by atoms with E-state index in [1.807, 2.05) is 13.0 Å². The molecular weight excluding hydrogens is 258 g/mol. The maximum atomic E-state index is 4.50. The molecule has 3 nitrogen and oxygen atoms in total. The van der Waals surface area contributed by atoms with E-state index < -0.39 is 0 Å². The lowest BCUT2D eigenvalue weighted by Gasteiger charge is -2.07. The van der Waals surface area contributed by atoms with Crippen LogP contribution in [0.5, 0.6) is 0 Å². The Morgan fingerprint density at radius 3 is 2.58 bits per heavy atom. The first-order valence-electron chi connectivity index (χ1n) is 6.57. The van der Waals surface area contributed by atoms with E-state index in [0.29, 0.717) is 0 Å². The topological polar surface area (TPSA) is 29.9 Å². The van der Waals surface area contributed by atoms with Crippen molar-refractivity contribution in [2.45, 2.75) is 39.9 Å². The van der Waals surface area contributed by atoms with Crippen molar-refractivity contribution in [1.82, 2.24) is 15.1 Å². The molecule has 1 aromatic heterocycles. The van der Waals surface area contributed by atoms with Crippen molar-refractivity contribution in [3.63, 3.8) is 0 Å². The van der Waals surface area contributed by atoms with Crippen LogP contribution in [-0.4, -0.2) is 9.78 Å². The van der Waals surface area contributed by atoms with Gasteiger partial charge >= 0.3 is 0 Å². The summed E-state index contributed by atoms with van der Waals surface area (Å²) in [5, 5.41) is 7.97. The highest BCUT2D eigenvalue weighted by atomic mass is 35.5. The average molecular weight is 280 g/mol. The second-order valence-electron chi connectivity index (χ2n) is 4.59. The quantitative estimate of drug-likeness (QED) is 0.879. The van der Waals surface area contributed by atoms with Crippen molar-refractivity contribution in [3.05, 3.63) is 53.3 Å². The summed E-state index contributed by atoms with van der Waals surface area (Å²) in [6.45, 7) is 6.99. The van der Waals surface area contributed by atoms with E-state index in [-0.39, 0.29) is 12.4 Å². The van der Waals surface area contributed by atoms with E-state index in [1.165, 1.54) is 11.3 Å². The van der Waals surface area contributed by atoms with E-state index in [9.17, 15) is 0 Å². The van der Waals surface area contributed by atoms with Gasteiger partial charge in [-0.25, -0.2) is 0 Å². The maximum absolute atomic E-state index is 4.50. The van der Waals surface area contributed by atoms with Crippen molar-refractivity contribution >= 4 is 12.4 Å². The first-order valence-corrected chi connectivity index (χ1v) is 6.57. The Morgan fingerprint density at radius 1 is 1.16 bits per heavy atom. The molecule has 2 aromatic rings. The Kier molecular flexibility index (Phi) is 6.60. The van der Waals surface area contributed by atoms with Gasteiger partial charge in [0.05, 0.1) is 11.4 Å². The molecule has 104 valence electrons. The lowest BCUT2D eigenvalue weighted by atomic mass is 10.2. The lowest BCUT2D eigenvalue weighted by molar-refractivity contribution is 0.547. The molecule has 0 unspecified atom stereocenters. The van der Waals surface area contributed by atoms with Gasteiger partial charge in [-0.15, -0.1) is 12.4 Å². The van der Waals surface area contributed by atoms with Crippen LogP contribution in [-0.2, 0) is 19.6 Å². The fourth-order valence-corrected chi connectivity index (χ4v) is 2.08. The molecule has 1 heterocycles. The maximum Gasteiger partial charge on any atom is 0.0597 e. The summed E-state index contributed by atoms with van der Waals surface area (Å²) < 4.78 is 2.10.